The molecule has 1 aromatic heterocycles. The molecule has 1 saturated carbocycles. The van der Waals surface area contributed by atoms with Gasteiger partial charge >= 0.3 is 0 Å². The molecule has 220 valence electrons. The minimum Gasteiger partial charge on any atom is -0.404 e. The third kappa shape index (κ3) is 5.61. The SMILES string of the molecule is CC(C)(C)n1nc([C@H]2CC[C@@H](O[Si](c3ccccc3)(c3ccccc3)C(C)(C)C)C2)cc1Nc1ccc2c(c1)CSC2. The minimum atomic E-state index is -2.58. The predicted molar refractivity (Wildman–Crippen MR) is 181 cm³/mol. The Kier molecular flexibility index (Phi) is 7.92. The molecule has 0 saturated heterocycles. The van der Waals surface area contributed by atoms with Crippen molar-refractivity contribution in [2.45, 2.75) is 94.9 Å². The number of aromatic nitrogens is 2. The van der Waals surface area contributed by atoms with E-state index in [4.69, 9.17) is 9.52 Å². The van der Waals surface area contributed by atoms with Crippen LogP contribution in [-0.2, 0) is 21.5 Å². The number of anilines is 2. The summed E-state index contributed by atoms with van der Waals surface area (Å²) in [5.74, 6) is 3.68. The number of thioether (sulfide) groups is 1. The van der Waals surface area contributed by atoms with Gasteiger partial charge < -0.3 is 9.74 Å². The highest BCUT2D eigenvalue weighted by atomic mass is 32.2. The van der Waals surface area contributed by atoms with Crippen LogP contribution < -0.4 is 15.7 Å². The summed E-state index contributed by atoms with van der Waals surface area (Å²) in [6.07, 6.45) is 3.36. The average molecular weight is 596 g/mol. The minimum absolute atomic E-state index is 0.0208. The zero-order chi connectivity index (χ0) is 29.5. The topological polar surface area (TPSA) is 39.1 Å². The zero-order valence-electron chi connectivity index (χ0n) is 26.0. The van der Waals surface area contributed by atoms with Crippen LogP contribution in [0.1, 0.15) is 83.5 Å². The number of hydrogen-bond donors (Lipinski definition) is 1. The van der Waals surface area contributed by atoms with Crippen LogP contribution in [0.2, 0.25) is 5.04 Å². The second-order valence-corrected chi connectivity index (χ2v) is 19.3. The maximum absolute atomic E-state index is 7.52. The lowest BCUT2D eigenvalue weighted by atomic mass is 10.0. The van der Waals surface area contributed by atoms with Gasteiger partial charge in [0.1, 0.15) is 5.82 Å². The van der Waals surface area contributed by atoms with Crippen LogP contribution in [0.3, 0.4) is 0 Å². The van der Waals surface area contributed by atoms with Crippen LogP contribution in [0.15, 0.2) is 84.9 Å². The molecule has 1 aliphatic carbocycles. The van der Waals surface area contributed by atoms with E-state index in [1.165, 1.54) is 27.2 Å². The van der Waals surface area contributed by atoms with Crippen molar-refractivity contribution < 1.29 is 4.43 Å². The van der Waals surface area contributed by atoms with Gasteiger partial charge in [-0.1, -0.05) is 87.5 Å². The Morgan fingerprint density at radius 1 is 0.810 bits per heavy atom. The van der Waals surface area contributed by atoms with E-state index in [-0.39, 0.29) is 16.7 Å². The van der Waals surface area contributed by atoms with E-state index >= 15 is 0 Å². The first kappa shape index (κ1) is 29.3. The summed E-state index contributed by atoms with van der Waals surface area (Å²) in [7, 11) is -2.58. The molecule has 6 rings (SSSR count). The van der Waals surface area contributed by atoms with Gasteiger partial charge in [0.2, 0.25) is 0 Å². The molecule has 0 spiro atoms. The molecule has 0 amide bonds. The molecule has 4 nitrogen and oxygen atoms in total. The van der Waals surface area contributed by atoms with Crippen LogP contribution >= 0.6 is 11.8 Å². The summed E-state index contributed by atoms with van der Waals surface area (Å²) in [5, 5.41) is 11.6. The molecule has 0 bridgehead atoms. The van der Waals surface area contributed by atoms with Gasteiger partial charge in [0.25, 0.3) is 8.32 Å². The predicted octanol–water partition coefficient (Wildman–Crippen LogP) is 8.34. The summed E-state index contributed by atoms with van der Waals surface area (Å²) in [6, 6.07) is 31.2. The molecule has 1 aliphatic heterocycles. The molecule has 1 N–H and O–H groups in total. The second kappa shape index (κ2) is 11.4. The standard InChI is InChI=1S/C36H45N3OSSi/c1-35(2,3)39-34(37-29-19-17-27-24-41-25-28(27)21-29)23-33(38-39)26-18-20-30(22-26)40-42(36(4,5)6,31-13-9-7-10-14-31)32-15-11-8-12-16-32/h7-17,19,21,23,26,30,37H,18,20,22,24-25H2,1-6H3/t26-,30+/m0/s1. The summed E-state index contributed by atoms with van der Waals surface area (Å²) in [4.78, 5) is 0. The van der Waals surface area contributed by atoms with Crippen molar-refractivity contribution in [3.63, 3.8) is 0 Å². The fraction of sp³-hybridized carbons (Fsp3) is 0.417. The van der Waals surface area contributed by atoms with Crippen molar-refractivity contribution in [3.8, 4) is 0 Å². The van der Waals surface area contributed by atoms with E-state index in [9.17, 15) is 0 Å². The number of nitrogens with zero attached hydrogens (tertiary/aromatic N) is 2. The largest absolute Gasteiger partial charge is 0.404 e. The first-order valence-electron chi connectivity index (χ1n) is 15.4. The lowest BCUT2D eigenvalue weighted by molar-refractivity contribution is 0.193. The van der Waals surface area contributed by atoms with E-state index in [1.807, 2.05) is 11.8 Å². The van der Waals surface area contributed by atoms with Crippen molar-refractivity contribution >= 4 is 42.0 Å². The van der Waals surface area contributed by atoms with Gasteiger partial charge in [0.15, 0.2) is 0 Å². The molecule has 2 heterocycles. The van der Waals surface area contributed by atoms with Gasteiger partial charge in [-0.3, -0.25) is 0 Å². The van der Waals surface area contributed by atoms with Crippen LogP contribution in [0.4, 0.5) is 11.5 Å². The number of benzene rings is 3. The number of fused-ring (bicyclic) bond motifs is 1. The Morgan fingerprint density at radius 3 is 2.07 bits per heavy atom. The molecular formula is C36H45N3OSSi. The summed E-state index contributed by atoms with van der Waals surface area (Å²) >= 11 is 1.99. The highest BCUT2D eigenvalue weighted by molar-refractivity contribution is 7.98. The molecule has 1 fully saturated rings. The number of rotatable bonds is 7. The quantitative estimate of drug-likeness (QED) is 0.218. The average Bonchev–Trinajstić information content (AvgIpc) is 3.71. The van der Waals surface area contributed by atoms with Crippen LogP contribution in [-0.4, -0.2) is 24.2 Å². The van der Waals surface area contributed by atoms with Gasteiger partial charge in [-0.2, -0.15) is 16.9 Å². The molecule has 0 unspecified atom stereocenters. The number of nitrogens with one attached hydrogen (secondary N) is 1. The normalized spacial score (nSPS) is 19.2. The summed E-state index contributed by atoms with van der Waals surface area (Å²) < 4.78 is 9.70. The molecule has 0 radical (unpaired) electrons. The summed E-state index contributed by atoms with van der Waals surface area (Å²) in [5.41, 5.74) is 5.11. The van der Waals surface area contributed by atoms with Crippen molar-refractivity contribution in [2.24, 2.45) is 0 Å². The first-order chi connectivity index (χ1) is 20.0. The van der Waals surface area contributed by atoms with Crippen molar-refractivity contribution in [1.29, 1.82) is 0 Å². The van der Waals surface area contributed by atoms with Crippen molar-refractivity contribution in [2.75, 3.05) is 5.32 Å². The first-order valence-corrected chi connectivity index (χ1v) is 18.5. The molecule has 2 aliphatic rings. The highest BCUT2D eigenvalue weighted by Gasteiger charge is 2.52. The molecule has 2 atom stereocenters. The fourth-order valence-corrected chi connectivity index (χ4v) is 12.7. The molecular weight excluding hydrogens is 551 g/mol. The monoisotopic (exact) mass is 595 g/mol. The van der Waals surface area contributed by atoms with Gasteiger partial charge in [0.05, 0.1) is 11.2 Å². The van der Waals surface area contributed by atoms with E-state index in [0.717, 1.165) is 42.3 Å². The Morgan fingerprint density at radius 2 is 1.45 bits per heavy atom. The number of hydrogen-bond acceptors (Lipinski definition) is 4. The van der Waals surface area contributed by atoms with E-state index < -0.39 is 8.32 Å². The Hall–Kier alpha value is -2.80. The van der Waals surface area contributed by atoms with Crippen LogP contribution in [0.25, 0.3) is 0 Å². The smallest absolute Gasteiger partial charge is 0.261 e. The maximum atomic E-state index is 7.52. The third-order valence-corrected chi connectivity index (χ3v) is 15.0. The van der Waals surface area contributed by atoms with Crippen LogP contribution in [0.5, 0.6) is 0 Å². The lowest BCUT2D eigenvalue weighted by Crippen LogP contribution is -2.67. The van der Waals surface area contributed by atoms with Crippen molar-refractivity contribution in [3.05, 3.63) is 102 Å². The van der Waals surface area contributed by atoms with Crippen LogP contribution in [0, 0.1) is 0 Å². The molecule has 42 heavy (non-hydrogen) atoms. The van der Waals surface area contributed by atoms with E-state index in [2.05, 4.69) is 136 Å². The Labute approximate surface area is 257 Å². The maximum Gasteiger partial charge on any atom is 0.261 e. The second-order valence-electron chi connectivity index (χ2n) is 14.1. The van der Waals surface area contributed by atoms with Gasteiger partial charge in [0, 0.05) is 35.3 Å². The van der Waals surface area contributed by atoms with Gasteiger partial charge in [-0.15, -0.1) is 0 Å². The third-order valence-electron chi connectivity index (χ3n) is 8.92. The van der Waals surface area contributed by atoms with Crippen molar-refractivity contribution in [1.82, 2.24) is 9.78 Å². The molecule has 4 aromatic rings. The fourth-order valence-electron chi connectivity index (χ4n) is 6.85. The van der Waals surface area contributed by atoms with Gasteiger partial charge in [-0.25, -0.2) is 4.68 Å². The zero-order valence-corrected chi connectivity index (χ0v) is 27.8. The molecule has 6 heteroatoms. The Balaban J connectivity index is 1.29. The lowest BCUT2D eigenvalue weighted by Gasteiger charge is -2.44. The van der Waals surface area contributed by atoms with E-state index in [0.29, 0.717) is 5.92 Å². The molecule has 3 aromatic carbocycles. The van der Waals surface area contributed by atoms with E-state index in [1.54, 1.807) is 0 Å². The highest BCUT2D eigenvalue weighted by Crippen LogP contribution is 2.43. The Bertz CT molecular complexity index is 1480. The summed E-state index contributed by atoms with van der Waals surface area (Å²) in [6.45, 7) is 13.8. The van der Waals surface area contributed by atoms with Gasteiger partial charge in [-0.05, 0) is 78.7 Å².